The smallest absolute Gasteiger partial charge is 0.191 e. The van der Waals surface area contributed by atoms with Crippen molar-refractivity contribution in [1.29, 1.82) is 0 Å². The average Bonchev–Trinajstić information content (AvgIpc) is 2.25. The highest BCUT2D eigenvalue weighted by atomic mass is 32.2. The van der Waals surface area contributed by atoms with Crippen molar-refractivity contribution in [3.8, 4) is 0 Å². The Bertz CT molecular complexity index is 272. The molecule has 1 aromatic carbocycles. The molecule has 0 aromatic heterocycles. The van der Waals surface area contributed by atoms with Crippen molar-refractivity contribution in [3.63, 3.8) is 0 Å². The first-order valence-corrected chi connectivity index (χ1v) is 5.50. The Labute approximate surface area is 88.7 Å². The summed E-state index contributed by atoms with van der Waals surface area (Å²) in [7, 11) is 1.61. The molecule has 0 spiro atoms. The topological polar surface area (TPSA) is 26.3 Å². The monoisotopic (exact) mass is 210 g/mol. The molecule has 2 nitrogen and oxygen atoms in total. The second-order valence-electron chi connectivity index (χ2n) is 2.89. The van der Waals surface area contributed by atoms with Crippen LogP contribution in [0.3, 0.4) is 0 Å². The lowest BCUT2D eigenvalue weighted by Crippen LogP contribution is -1.98. The van der Waals surface area contributed by atoms with Gasteiger partial charge in [-0.2, -0.15) is 0 Å². The van der Waals surface area contributed by atoms with Crippen molar-refractivity contribution in [2.24, 2.45) is 0 Å². The number of rotatable bonds is 5. The summed E-state index contributed by atoms with van der Waals surface area (Å²) < 4.78 is 4.83. The molecule has 0 fully saturated rings. The maximum atomic E-state index is 11.3. The van der Waals surface area contributed by atoms with Crippen LogP contribution in [0.1, 0.15) is 12.0 Å². The first-order chi connectivity index (χ1) is 6.83. The van der Waals surface area contributed by atoms with Gasteiger partial charge in [-0.3, -0.25) is 4.79 Å². The average molecular weight is 210 g/mol. The third-order valence-corrected chi connectivity index (χ3v) is 2.76. The molecule has 0 bridgehead atoms. The van der Waals surface area contributed by atoms with E-state index in [0.29, 0.717) is 13.0 Å². The largest absolute Gasteiger partial charge is 0.384 e. The van der Waals surface area contributed by atoms with E-state index in [0.717, 1.165) is 5.75 Å². The SMILES string of the molecule is COCCC(=O)SCc1ccccc1. The molecule has 0 atom stereocenters. The zero-order valence-electron chi connectivity index (χ0n) is 8.23. The Balaban J connectivity index is 2.24. The summed E-state index contributed by atoms with van der Waals surface area (Å²) >= 11 is 1.35. The number of ether oxygens (including phenoxy) is 1. The lowest BCUT2D eigenvalue weighted by molar-refractivity contribution is -0.111. The summed E-state index contributed by atoms with van der Waals surface area (Å²) in [6.07, 6.45) is 0.494. The molecule has 0 saturated carbocycles. The standard InChI is InChI=1S/C11H14O2S/c1-13-8-7-11(12)14-9-10-5-3-2-4-6-10/h2-6H,7-9H2,1H3. The van der Waals surface area contributed by atoms with Crippen LogP contribution in [0.5, 0.6) is 0 Å². The third kappa shape index (κ3) is 4.44. The van der Waals surface area contributed by atoms with Gasteiger partial charge in [0.05, 0.1) is 6.61 Å². The number of thioether (sulfide) groups is 1. The molecule has 0 aliphatic rings. The minimum Gasteiger partial charge on any atom is -0.384 e. The maximum absolute atomic E-state index is 11.3. The molecule has 0 N–H and O–H groups in total. The summed E-state index contributed by atoms with van der Waals surface area (Å²) in [5.41, 5.74) is 1.18. The molecule has 0 unspecified atom stereocenters. The fourth-order valence-electron chi connectivity index (χ4n) is 0.996. The van der Waals surface area contributed by atoms with Crippen LogP contribution in [-0.2, 0) is 15.3 Å². The highest BCUT2D eigenvalue weighted by Crippen LogP contribution is 2.13. The van der Waals surface area contributed by atoms with E-state index in [1.54, 1.807) is 7.11 Å². The van der Waals surface area contributed by atoms with Crippen molar-refractivity contribution in [1.82, 2.24) is 0 Å². The van der Waals surface area contributed by atoms with Gasteiger partial charge >= 0.3 is 0 Å². The fraction of sp³-hybridized carbons (Fsp3) is 0.364. The molecule has 1 aromatic rings. The van der Waals surface area contributed by atoms with Gasteiger partial charge in [0, 0.05) is 19.3 Å². The molecular weight excluding hydrogens is 196 g/mol. The van der Waals surface area contributed by atoms with E-state index in [1.807, 2.05) is 30.3 Å². The van der Waals surface area contributed by atoms with Gasteiger partial charge in [-0.25, -0.2) is 0 Å². The molecule has 0 heterocycles. The molecule has 0 aliphatic heterocycles. The van der Waals surface area contributed by atoms with E-state index in [-0.39, 0.29) is 5.12 Å². The molecule has 3 heteroatoms. The highest BCUT2D eigenvalue weighted by molar-refractivity contribution is 8.12. The summed E-state index contributed by atoms with van der Waals surface area (Å²) in [6, 6.07) is 9.99. The zero-order valence-corrected chi connectivity index (χ0v) is 9.05. The van der Waals surface area contributed by atoms with Crippen molar-refractivity contribution in [2.75, 3.05) is 13.7 Å². The minimum atomic E-state index is 0.190. The number of hydrogen-bond donors (Lipinski definition) is 0. The lowest BCUT2D eigenvalue weighted by atomic mass is 10.2. The molecule has 1 rings (SSSR count). The van der Waals surface area contributed by atoms with Crippen LogP contribution in [0.2, 0.25) is 0 Å². The van der Waals surface area contributed by atoms with Gasteiger partial charge in [0.2, 0.25) is 0 Å². The minimum absolute atomic E-state index is 0.190. The van der Waals surface area contributed by atoms with Crippen LogP contribution in [0.15, 0.2) is 30.3 Å². The van der Waals surface area contributed by atoms with Crippen molar-refractivity contribution in [3.05, 3.63) is 35.9 Å². The zero-order chi connectivity index (χ0) is 10.2. The van der Waals surface area contributed by atoms with Crippen LogP contribution >= 0.6 is 11.8 Å². The van der Waals surface area contributed by atoms with Crippen molar-refractivity contribution < 1.29 is 9.53 Å². The molecule has 0 aliphatic carbocycles. The van der Waals surface area contributed by atoms with Crippen molar-refractivity contribution in [2.45, 2.75) is 12.2 Å². The lowest BCUT2D eigenvalue weighted by Gasteiger charge is -2.00. The Morgan fingerprint density at radius 2 is 2.07 bits per heavy atom. The van der Waals surface area contributed by atoms with E-state index in [1.165, 1.54) is 17.3 Å². The second kappa shape index (κ2) is 6.62. The Morgan fingerprint density at radius 3 is 2.71 bits per heavy atom. The molecule has 0 amide bonds. The second-order valence-corrected chi connectivity index (χ2v) is 3.92. The van der Waals surface area contributed by atoms with E-state index < -0.39 is 0 Å². The van der Waals surface area contributed by atoms with E-state index in [9.17, 15) is 4.79 Å². The van der Waals surface area contributed by atoms with E-state index in [2.05, 4.69) is 0 Å². The Hall–Kier alpha value is -0.800. The number of carbonyl (C=O) groups is 1. The summed E-state index contributed by atoms with van der Waals surface area (Å²) in [5.74, 6) is 0.753. The Kier molecular flexibility index (Phi) is 5.33. The summed E-state index contributed by atoms with van der Waals surface area (Å²) in [5, 5.41) is 0.190. The Morgan fingerprint density at radius 1 is 1.36 bits per heavy atom. The maximum Gasteiger partial charge on any atom is 0.191 e. The van der Waals surface area contributed by atoms with E-state index >= 15 is 0 Å². The molecule has 14 heavy (non-hydrogen) atoms. The first-order valence-electron chi connectivity index (χ1n) is 4.51. The number of benzene rings is 1. The van der Waals surface area contributed by atoms with Crippen LogP contribution in [0, 0.1) is 0 Å². The number of hydrogen-bond acceptors (Lipinski definition) is 3. The molecular formula is C11H14O2S. The predicted octanol–water partition coefficient (Wildman–Crippen LogP) is 2.48. The van der Waals surface area contributed by atoms with Gasteiger partial charge in [-0.1, -0.05) is 42.1 Å². The number of methoxy groups -OCH3 is 1. The summed E-state index contributed by atoms with van der Waals surface area (Å²) in [4.78, 5) is 11.3. The van der Waals surface area contributed by atoms with Gasteiger partial charge < -0.3 is 4.74 Å². The highest BCUT2D eigenvalue weighted by Gasteiger charge is 2.02. The van der Waals surface area contributed by atoms with Gasteiger partial charge in [0.1, 0.15) is 0 Å². The van der Waals surface area contributed by atoms with Gasteiger partial charge in [0.15, 0.2) is 5.12 Å². The summed E-state index contributed by atoms with van der Waals surface area (Å²) in [6.45, 7) is 0.515. The quantitative estimate of drug-likeness (QED) is 0.747. The van der Waals surface area contributed by atoms with Crippen molar-refractivity contribution >= 4 is 16.9 Å². The molecule has 0 saturated heterocycles. The third-order valence-electron chi connectivity index (χ3n) is 1.75. The van der Waals surface area contributed by atoms with Gasteiger partial charge in [-0.15, -0.1) is 0 Å². The van der Waals surface area contributed by atoms with Crippen LogP contribution in [-0.4, -0.2) is 18.8 Å². The fourth-order valence-corrected chi connectivity index (χ4v) is 1.74. The normalized spacial score (nSPS) is 10.1. The van der Waals surface area contributed by atoms with Crippen LogP contribution in [0.4, 0.5) is 0 Å². The van der Waals surface area contributed by atoms with E-state index in [4.69, 9.17) is 4.74 Å². The predicted molar refractivity (Wildman–Crippen MR) is 59.2 cm³/mol. The molecule has 76 valence electrons. The molecule has 0 radical (unpaired) electrons. The number of carbonyl (C=O) groups excluding carboxylic acids is 1. The van der Waals surface area contributed by atoms with Crippen LogP contribution < -0.4 is 0 Å². The van der Waals surface area contributed by atoms with Gasteiger partial charge in [0.25, 0.3) is 0 Å². The first kappa shape index (κ1) is 11.3. The van der Waals surface area contributed by atoms with Crippen LogP contribution in [0.25, 0.3) is 0 Å². The van der Waals surface area contributed by atoms with Gasteiger partial charge in [-0.05, 0) is 5.56 Å².